The molecule has 0 saturated carbocycles. The molecule has 2 unspecified atom stereocenters. The van der Waals surface area contributed by atoms with Crippen LogP contribution in [0.15, 0.2) is 42.5 Å². The Balaban J connectivity index is 0.00000312. The number of Topliss-reactive ketones (excluding diaryl/α,β-unsaturated/α-hetero) is 1. The monoisotopic (exact) mass is 365 g/mol. The van der Waals surface area contributed by atoms with E-state index in [1.807, 2.05) is 44.3 Å². The predicted octanol–water partition coefficient (Wildman–Crippen LogP) is -0.295. The molecule has 0 aromatic heterocycles. The van der Waals surface area contributed by atoms with E-state index in [-0.39, 0.29) is 30.0 Å². The Morgan fingerprint density at radius 2 is 1.80 bits per heavy atom. The lowest BCUT2D eigenvalue weighted by Crippen LogP contribution is -3.00. The van der Waals surface area contributed by atoms with Crippen molar-refractivity contribution in [2.75, 3.05) is 6.54 Å². The van der Waals surface area contributed by atoms with Gasteiger partial charge in [0.05, 0.1) is 13.0 Å². The number of benzene rings is 2. The molecule has 2 aromatic rings. The maximum atomic E-state index is 12.9. The third-order valence-electron chi connectivity index (χ3n) is 4.31. The quantitative estimate of drug-likeness (QED) is 0.662. The second-order valence-electron chi connectivity index (χ2n) is 6.37. The molecule has 0 radical (unpaired) electrons. The number of ketones is 1. The summed E-state index contributed by atoms with van der Waals surface area (Å²) in [5, 5.41) is 12.3. The molecule has 0 aliphatic rings. The van der Waals surface area contributed by atoms with Gasteiger partial charge >= 0.3 is 0 Å². The number of aliphatic hydroxyl groups excluding tert-OH is 1. The van der Waals surface area contributed by atoms with Gasteiger partial charge in [-0.15, -0.1) is 0 Å². The van der Waals surface area contributed by atoms with Gasteiger partial charge in [0.25, 0.3) is 0 Å². The van der Waals surface area contributed by atoms with Gasteiger partial charge in [-0.25, -0.2) is 4.39 Å². The summed E-state index contributed by atoms with van der Waals surface area (Å²) in [5.41, 5.74) is 3.52. The van der Waals surface area contributed by atoms with Gasteiger partial charge in [0, 0.05) is 5.56 Å². The average Bonchev–Trinajstić information content (AvgIpc) is 2.56. The van der Waals surface area contributed by atoms with Crippen LogP contribution in [0.2, 0.25) is 0 Å². The Morgan fingerprint density at radius 1 is 1.16 bits per heavy atom. The van der Waals surface area contributed by atoms with E-state index in [9.17, 15) is 14.3 Å². The third kappa shape index (κ3) is 5.92. The maximum Gasteiger partial charge on any atom is 0.168 e. The van der Waals surface area contributed by atoms with E-state index in [4.69, 9.17) is 0 Å². The molecule has 0 amide bonds. The molecule has 0 saturated heterocycles. The standard InChI is InChI=1S/C20H24FNO2.ClH/c1-13-4-5-14(2)18(12-13)19(23)10-11-22-15(3)20(24)16-6-8-17(21)9-7-16;/h4-9,12,15,20,22,24H,10-11H2,1-3H3;1H. The topological polar surface area (TPSA) is 53.9 Å². The van der Waals surface area contributed by atoms with Crippen LogP contribution in [0.5, 0.6) is 0 Å². The second kappa shape index (κ2) is 9.66. The molecule has 2 rings (SSSR count). The fourth-order valence-electron chi connectivity index (χ4n) is 2.74. The molecule has 0 aliphatic carbocycles. The van der Waals surface area contributed by atoms with Crippen molar-refractivity contribution in [2.45, 2.75) is 39.3 Å². The maximum absolute atomic E-state index is 12.9. The summed E-state index contributed by atoms with van der Waals surface area (Å²) >= 11 is 0. The molecule has 0 spiro atoms. The number of aryl methyl sites for hydroxylation is 2. The molecule has 0 bridgehead atoms. The van der Waals surface area contributed by atoms with Crippen molar-refractivity contribution in [3.8, 4) is 0 Å². The lowest BCUT2D eigenvalue weighted by molar-refractivity contribution is -0.693. The third-order valence-corrected chi connectivity index (χ3v) is 4.31. The van der Waals surface area contributed by atoms with Crippen molar-refractivity contribution >= 4 is 5.78 Å². The molecular weight excluding hydrogens is 341 g/mol. The van der Waals surface area contributed by atoms with Crippen LogP contribution in [-0.2, 0) is 0 Å². The highest BCUT2D eigenvalue weighted by molar-refractivity contribution is 5.97. The van der Waals surface area contributed by atoms with Crippen molar-refractivity contribution in [1.29, 1.82) is 0 Å². The second-order valence-corrected chi connectivity index (χ2v) is 6.37. The SMILES string of the molecule is Cc1ccc(C)c(C(=O)CC[NH2+]C(C)C(O)c2ccc(F)cc2)c1.[Cl-]. The van der Waals surface area contributed by atoms with Crippen LogP contribution in [-0.4, -0.2) is 23.5 Å². The number of halogens is 2. The summed E-state index contributed by atoms with van der Waals surface area (Å²) in [6.07, 6.45) is -0.272. The van der Waals surface area contributed by atoms with E-state index >= 15 is 0 Å². The minimum Gasteiger partial charge on any atom is -1.00 e. The van der Waals surface area contributed by atoms with E-state index in [2.05, 4.69) is 0 Å². The summed E-state index contributed by atoms with van der Waals surface area (Å²) in [7, 11) is 0. The van der Waals surface area contributed by atoms with Crippen LogP contribution in [0.1, 0.15) is 46.5 Å². The van der Waals surface area contributed by atoms with Crippen molar-refractivity contribution in [1.82, 2.24) is 0 Å². The molecule has 136 valence electrons. The smallest absolute Gasteiger partial charge is 0.168 e. The first-order valence-electron chi connectivity index (χ1n) is 8.26. The number of nitrogens with two attached hydrogens (primary N) is 1. The molecule has 0 aliphatic heterocycles. The summed E-state index contributed by atoms with van der Waals surface area (Å²) in [6, 6.07) is 11.6. The lowest BCUT2D eigenvalue weighted by Gasteiger charge is -2.17. The van der Waals surface area contributed by atoms with Crippen LogP contribution < -0.4 is 17.7 Å². The van der Waals surface area contributed by atoms with Gasteiger partial charge in [-0.05, 0) is 50.1 Å². The molecule has 3 nitrogen and oxygen atoms in total. The van der Waals surface area contributed by atoms with Crippen LogP contribution in [0, 0.1) is 19.7 Å². The minimum atomic E-state index is -0.693. The summed E-state index contributed by atoms with van der Waals surface area (Å²) in [5.74, 6) is -0.197. The van der Waals surface area contributed by atoms with E-state index in [1.54, 1.807) is 12.1 Å². The van der Waals surface area contributed by atoms with Crippen molar-refractivity contribution in [3.63, 3.8) is 0 Å². The molecule has 3 N–H and O–H groups in total. The van der Waals surface area contributed by atoms with Crippen molar-refractivity contribution < 1.29 is 32.0 Å². The number of carbonyl (C=O) groups is 1. The van der Waals surface area contributed by atoms with E-state index in [0.717, 1.165) is 16.7 Å². The Kier molecular flexibility index (Phi) is 8.23. The van der Waals surface area contributed by atoms with E-state index < -0.39 is 6.10 Å². The average molecular weight is 366 g/mol. The molecular formula is C20H25ClFNO2. The number of aliphatic hydroxyl groups is 1. The van der Waals surface area contributed by atoms with Crippen LogP contribution in [0.25, 0.3) is 0 Å². The first kappa shape index (κ1) is 21.3. The Bertz CT molecular complexity index is 703. The van der Waals surface area contributed by atoms with Gasteiger partial charge in [0.2, 0.25) is 0 Å². The fourth-order valence-corrected chi connectivity index (χ4v) is 2.74. The number of hydrogen-bond acceptors (Lipinski definition) is 2. The van der Waals surface area contributed by atoms with Gasteiger partial charge in [-0.3, -0.25) is 4.79 Å². The molecule has 5 heteroatoms. The largest absolute Gasteiger partial charge is 1.00 e. The Labute approximate surface area is 154 Å². The molecule has 0 fully saturated rings. The van der Waals surface area contributed by atoms with Gasteiger partial charge in [0.15, 0.2) is 5.78 Å². The van der Waals surface area contributed by atoms with Crippen LogP contribution in [0.4, 0.5) is 4.39 Å². The zero-order valence-corrected chi connectivity index (χ0v) is 15.6. The van der Waals surface area contributed by atoms with Crippen molar-refractivity contribution in [3.05, 3.63) is 70.5 Å². The Hall–Kier alpha value is -1.75. The molecule has 2 atom stereocenters. The summed E-state index contributed by atoms with van der Waals surface area (Å²) < 4.78 is 12.9. The lowest BCUT2D eigenvalue weighted by atomic mass is 10.00. The minimum absolute atomic E-state index is 0. The zero-order chi connectivity index (χ0) is 17.7. The highest BCUT2D eigenvalue weighted by Crippen LogP contribution is 2.15. The highest BCUT2D eigenvalue weighted by atomic mass is 35.5. The number of quaternary nitrogens is 1. The normalized spacial score (nSPS) is 13.0. The van der Waals surface area contributed by atoms with Gasteiger partial charge < -0.3 is 22.8 Å². The summed E-state index contributed by atoms with van der Waals surface area (Å²) in [6.45, 7) is 6.42. The number of rotatable bonds is 7. The zero-order valence-electron chi connectivity index (χ0n) is 14.8. The van der Waals surface area contributed by atoms with E-state index in [1.165, 1.54) is 12.1 Å². The predicted molar refractivity (Wildman–Crippen MR) is 92.5 cm³/mol. The van der Waals surface area contributed by atoms with Gasteiger partial charge in [-0.1, -0.05) is 29.8 Å². The van der Waals surface area contributed by atoms with Crippen LogP contribution >= 0.6 is 0 Å². The first-order chi connectivity index (χ1) is 11.4. The van der Waals surface area contributed by atoms with Crippen LogP contribution in [0.3, 0.4) is 0 Å². The Morgan fingerprint density at radius 3 is 2.44 bits per heavy atom. The van der Waals surface area contributed by atoms with E-state index in [0.29, 0.717) is 18.5 Å². The molecule has 2 aromatic carbocycles. The highest BCUT2D eigenvalue weighted by Gasteiger charge is 2.20. The molecule has 0 heterocycles. The first-order valence-corrected chi connectivity index (χ1v) is 8.26. The summed E-state index contributed by atoms with van der Waals surface area (Å²) in [4.78, 5) is 12.4. The van der Waals surface area contributed by atoms with Gasteiger partial charge in [0.1, 0.15) is 18.0 Å². The number of carbonyl (C=O) groups excluding carboxylic acids is 1. The molecule has 25 heavy (non-hydrogen) atoms. The van der Waals surface area contributed by atoms with Gasteiger partial charge in [-0.2, -0.15) is 0 Å². The fraction of sp³-hybridized carbons (Fsp3) is 0.350. The number of hydrogen-bond donors (Lipinski definition) is 2. The van der Waals surface area contributed by atoms with Crippen molar-refractivity contribution in [2.24, 2.45) is 0 Å².